The van der Waals surface area contributed by atoms with Crippen LogP contribution in [0.4, 0.5) is 0 Å². The van der Waals surface area contributed by atoms with Gasteiger partial charge < -0.3 is 9.25 Å². The van der Waals surface area contributed by atoms with Crippen molar-refractivity contribution in [2.24, 2.45) is 5.16 Å². The first-order valence-corrected chi connectivity index (χ1v) is 9.18. The minimum Gasteiger partial charge on any atom is -0.423 e. The largest absolute Gasteiger partial charge is 0.423 e. The molecule has 4 aromatic rings. The SMILES string of the molecule is O=c1cc(C2=NO[C@@H](c3ccccc3)[C@@H]2c2ccccc2)c2ccccc2o1. The zero-order chi connectivity index (χ0) is 18.9. The number of benzene rings is 3. The van der Waals surface area contributed by atoms with Crippen LogP contribution < -0.4 is 5.63 Å². The molecule has 5 rings (SSSR count). The van der Waals surface area contributed by atoms with Crippen LogP contribution in [0.1, 0.15) is 28.7 Å². The Balaban J connectivity index is 1.70. The van der Waals surface area contributed by atoms with E-state index in [4.69, 9.17) is 9.25 Å². The summed E-state index contributed by atoms with van der Waals surface area (Å²) in [6.07, 6.45) is -0.260. The third kappa shape index (κ3) is 2.79. The first-order valence-electron chi connectivity index (χ1n) is 9.18. The van der Waals surface area contributed by atoms with Gasteiger partial charge in [-0.3, -0.25) is 0 Å². The number of nitrogens with zero attached hydrogens (tertiary/aromatic N) is 1. The quantitative estimate of drug-likeness (QED) is 0.476. The van der Waals surface area contributed by atoms with E-state index in [0.29, 0.717) is 5.58 Å². The van der Waals surface area contributed by atoms with Gasteiger partial charge in [0.15, 0.2) is 6.10 Å². The van der Waals surface area contributed by atoms with Crippen LogP contribution in [0.5, 0.6) is 0 Å². The van der Waals surface area contributed by atoms with Crippen LogP contribution in [0.15, 0.2) is 105 Å². The topological polar surface area (TPSA) is 51.8 Å². The fourth-order valence-electron chi connectivity index (χ4n) is 3.80. The fraction of sp³-hybridized carbons (Fsp3) is 0.0833. The molecule has 136 valence electrons. The Kier molecular flexibility index (Phi) is 4.02. The van der Waals surface area contributed by atoms with Gasteiger partial charge in [0.25, 0.3) is 0 Å². The lowest BCUT2D eigenvalue weighted by atomic mass is 9.83. The highest BCUT2D eigenvalue weighted by Crippen LogP contribution is 2.42. The van der Waals surface area contributed by atoms with Gasteiger partial charge in [0, 0.05) is 17.0 Å². The Morgan fingerprint density at radius 2 is 1.39 bits per heavy atom. The summed E-state index contributed by atoms with van der Waals surface area (Å²) in [6, 6.07) is 29.2. The van der Waals surface area contributed by atoms with E-state index < -0.39 is 5.63 Å². The minimum absolute atomic E-state index is 0.131. The van der Waals surface area contributed by atoms with Gasteiger partial charge in [-0.2, -0.15) is 0 Å². The van der Waals surface area contributed by atoms with Crippen molar-refractivity contribution in [3.63, 3.8) is 0 Å². The molecule has 1 aromatic heterocycles. The van der Waals surface area contributed by atoms with Crippen molar-refractivity contribution in [3.8, 4) is 0 Å². The maximum Gasteiger partial charge on any atom is 0.336 e. The van der Waals surface area contributed by atoms with Crippen molar-refractivity contribution in [1.29, 1.82) is 0 Å². The van der Waals surface area contributed by atoms with Crippen molar-refractivity contribution >= 4 is 16.7 Å². The first kappa shape index (κ1) is 16.5. The molecule has 0 fully saturated rings. The van der Waals surface area contributed by atoms with Gasteiger partial charge in [-0.15, -0.1) is 0 Å². The standard InChI is InChI=1S/C24H17NO3/c26-21-15-19(18-13-7-8-14-20(18)27-21)23-22(16-9-3-1-4-10-16)24(28-25-23)17-11-5-2-6-12-17/h1-15,22,24H/t22-,24+/m1/s1. The summed E-state index contributed by atoms with van der Waals surface area (Å²) in [6.45, 7) is 0. The lowest BCUT2D eigenvalue weighted by Gasteiger charge is -2.20. The highest BCUT2D eigenvalue weighted by Gasteiger charge is 2.38. The van der Waals surface area contributed by atoms with E-state index >= 15 is 0 Å². The predicted molar refractivity (Wildman–Crippen MR) is 108 cm³/mol. The summed E-state index contributed by atoms with van der Waals surface area (Å²) in [5, 5.41) is 5.30. The van der Waals surface area contributed by atoms with Gasteiger partial charge in [0.1, 0.15) is 5.58 Å². The summed E-state index contributed by atoms with van der Waals surface area (Å²) in [7, 11) is 0. The van der Waals surface area contributed by atoms with E-state index in [-0.39, 0.29) is 12.0 Å². The maximum absolute atomic E-state index is 12.2. The van der Waals surface area contributed by atoms with Gasteiger partial charge >= 0.3 is 5.63 Å². The molecular formula is C24H17NO3. The van der Waals surface area contributed by atoms with Crippen LogP contribution in [0.2, 0.25) is 0 Å². The summed E-state index contributed by atoms with van der Waals surface area (Å²) in [5.41, 5.74) is 3.77. The molecule has 0 amide bonds. The molecule has 0 spiro atoms. The van der Waals surface area contributed by atoms with E-state index in [9.17, 15) is 4.79 Å². The second-order valence-electron chi connectivity index (χ2n) is 6.78. The summed E-state index contributed by atoms with van der Waals surface area (Å²) in [5.74, 6) is -0.131. The monoisotopic (exact) mass is 367 g/mol. The normalized spacial score (nSPS) is 18.6. The van der Waals surface area contributed by atoms with Crippen LogP contribution in [-0.2, 0) is 4.84 Å². The average Bonchev–Trinajstić information content (AvgIpc) is 3.19. The van der Waals surface area contributed by atoms with E-state index in [1.807, 2.05) is 66.7 Å². The Bertz CT molecular complexity index is 1210. The maximum atomic E-state index is 12.2. The number of fused-ring (bicyclic) bond motifs is 1. The molecule has 2 heterocycles. The summed E-state index contributed by atoms with van der Waals surface area (Å²) >= 11 is 0. The van der Waals surface area contributed by atoms with Crippen LogP contribution >= 0.6 is 0 Å². The highest BCUT2D eigenvalue weighted by atomic mass is 16.6. The molecule has 4 nitrogen and oxygen atoms in total. The van der Waals surface area contributed by atoms with Crippen molar-refractivity contribution < 1.29 is 9.25 Å². The van der Waals surface area contributed by atoms with Crippen molar-refractivity contribution in [2.75, 3.05) is 0 Å². The van der Waals surface area contributed by atoms with Gasteiger partial charge in [-0.25, -0.2) is 4.79 Å². The molecule has 1 aliphatic rings. The predicted octanol–water partition coefficient (Wildman–Crippen LogP) is 5.05. The molecule has 0 unspecified atom stereocenters. The second kappa shape index (κ2) is 6.82. The Labute approximate surface area is 161 Å². The van der Waals surface area contributed by atoms with Gasteiger partial charge in [-0.1, -0.05) is 84.0 Å². The molecule has 2 atom stereocenters. The molecule has 0 aliphatic carbocycles. The molecular weight excluding hydrogens is 350 g/mol. The summed E-state index contributed by atoms with van der Waals surface area (Å²) in [4.78, 5) is 18.1. The highest BCUT2D eigenvalue weighted by molar-refractivity contribution is 6.13. The molecule has 28 heavy (non-hydrogen) atoms. The van der Waals surface area contributed by atoms with Gasteiger partial charge in [-0.05, 0) is 17.2 Å². The average molecular weight is 367 g/mol. The molecule has 0 radical (unpaired) electrons. The lowest BCUT2D eigenvalue weighted by Crippen LogP contribution is -2.18. The third-order valence-electron chi connectivity index (χ3n) is 5.07. The van der Waals surface area contributed by atoms with Crippen LogP contribution in [0, 0.1) is 0 Å². The molecule has 4 heteroatoms. The third-order valence-corrected chi connectivity index (χ3v) is 5.07. The van der Waals surface area contributed by atoms with E-state index in [0.717, 1.165) is 27.8 Å². The van der Waals surface area contributed by atoms with Crippen LogP contribution in [-0.4, -0.2) is 5.71 Å². The van der Waals surface area contributed by atoms with Crippen LogP contribution in [0.25, 0.3) is 11.0 Å². The number of oxime groups is 1. The zero-order valence-corrected chi connectivity index (χ0v) is 15.0. The number of rotatable bonds is 3. The Hall–Kier alpha value is -3.66. The van der Waals surface area contributed by atoms with Crippen molar-refractivity contribution in [3.05, 3.63) is 118 Å². The second-order valence-corrected chi connectivity index (χ2v) is 6.78. The zero-order valence-electron chi connectivity index (χ0n) is 15.0. The van der Waals surface area contributed by atoms with Crippen molar-refractivity contribution in [1.82, 2.24) is 0 Å². The van der Waals surface area contributed by atoms with E-state index in [1.54, 1.807) is 6.07 Å². The summed E-state index contributed by atoms with van der Waals surface area (Å²) < 4.78 is 5.36. The van der Waals surface area contributed by atoms with Crippen molar-refractivity contribution in [2.45, 2.75) is 12.0 Å². The smallest absolute Gasteiger partial charge is 0.336 e. The van der Waals surface area contributed by atoms with E-state index in [2.05, 4.69) is 17.3 Å². The fourth-order valence-corrected chi connectivity index (χ4v) is 3.80. The number of para-hydroxylation sites is 1. The first-order chi connectivity index (χ1) is 13.8. The van der Waals surface area contributed by atoms with Gasteiger partial charge in [0.2, 0.25) is 0 Å². The van der Waals surface area contributed by atoms with E-state index in [1.165, 1.54) is 6.07 Å². The molecule has 0 bridgehead atoms. The minimum atomic E-state index is -0.397. The number of hydrogen-bond acceptors (Lipinski definition) is 4. The lowest BCUT2D eigenvalue weighted by molar-refractivity contribution is 0.0763. The Morgan fingerprint density at radius 3 is 2.14 bits per heavy atom. The number of hydrogen-bond donors (Lipinski definition) is 0. The molecule has 0 saturated carbocycles. The van der Waals surface area contributed by atoms with Crippen LogP contribution in [0.3, 0.4) is 0 Å². The molecule has 1 aliphatic heterocycles. The molecule has 3 aromatic carbocycles. The van der Waals surface area contributed by atoms with Gasteiger partial charge in [0.05, 0.1) is 11.6 Å². The molecule has 0 saturated heterocycles. The Morgan fingerprint density at radius 1 is 0.750 bits per heavy atom. The molecule has 0 N–H and O–H groups in total.